The Balaban J connectivity index is 1.83. The second-order valence-electron chi connectivity index (χ2n) is 8.41. The number of carbonyl (C=O) groups is 2. The van der Waals surface area contributed by atoms with Crippen LogP contribution in [0.25, 0.3) is 5.76 Å². The summed E-state index contributed by atoms with van der Waals surface area (Å²) in [7, 11) is 0. The minimum atomic E-state index is -0.781. The minimum Gasteiger partial charge on any atom is -0.507 e. The van der Waals surface area contributed by atoms with E-state index >= 15 is 0 Å². The van der Waals surface area contributed by atoms with Gasteiger partial charge in [0.2, 0.25) is 0 Å². The molecule has 1 amide bonds. The normalized spacial score (nSPS) is 17.6. The predicted molar refractivity (Wildman–Crippen MR) is 130 cm³/mol. The summed E-state index contributed by atoms with van der Waals surface area (Å²) in [6.07, 6.45) is 1.51. The number of benzene rings is 2. The third-order valence-electron chi connectivity index (χ3n) is 5.87. The molecule has 0 aliphatic carbocycles. The summed E-state index contributed by atoms with van der Waals surface area (Å²) in [5.41, 5.74) is 2.18. The van der Waals surface area contributed by atoms with Gasteiger partial charge in [-0.15, -0.1) is 0 Å². The maximum atomic E-state index is 13.2. The minimum absolute atomic E-state index is 0.00841. The molecule has 0 radical (unpaired) electrons. The Bertz CT molecular complexity index is 1230. The smallest absolute Gasteiger partial charge is 0.296 e. The average molecular weight is 480 g/mol. The SMILES string of the molecule is CCOc1ccc(C(O)=C2C(=O)C(=O)N(Cc3ccco3)[C@@H]2c2ccc(C(C)C)cc2)cc1Cl. The molecule has 2 heterocycles. The van der Waals surface area contributed by atoms with Gasteiger partial charge in [0.25, 0.3) is 11.7 Å². The van der Waals surface area contributed by atoms with E-state index in [0.717, 1.165) is 5.56 Å². The molecule has 4 rings (SSSR count). The molecule has 1 saturated heterocycles. The van der Waals surface area contributed by atoms with Crippen LogP contribution < -0.4 is 4.74 Å². The summed E-state index contributed by atoms with van der Waals surface area (Å²) >= 11 is 6.31. The fraction of sp³-hybridized carbons (Fsp3) is 0.259. The zero-order valence-corrected chi connectivity index (χ0v) is 20.0. The third-order valence-corrected chi connectivity index (χ3v) is 6.17. The monoisotopic (exact) mass is 479 g/mol. The third kappa shape index (κ3) is 4.46. The molecular weight excluding hydrogens is 454 g/mol. The van der Waals surface area contributed by atoms with Crippen LogP contribution in [0.4, 0.5) is 0 Å². The Morgan fingerprint density at radius 1 is 1.15 bits per heavy atom. The summed E-state index contributed by atoms with van der Waals surface area (Å²) in [4.78, 5) is 27.7. The molecule has 1 N–H and O–H groups in total. The topological polar surface area (TPSA) is 80.0 Å². The largest absolute Gasteiger partial charge is 0.507 e. The number of nitrogens with zero attached hydrogens (tertiary/aromatic N) is 1. The van der Waals surface area contributed by atoms with Crippen LogP contribution in [0.5, 0.6) is 5.75 Å². The summed E-state index contributed by atoms with van der Waals surface area (Å²) in [5.74, 6) is -0.410. The number of ketones is 1. The highest BCUT2D eigenvalue weighted by atomic mass is 35.5. The van der Waals surface area contributed by atoms with Gasteiger partial charge in [0.1, 0.15) is 17.3 Å². The van der Waals surface area contributed by atoms with Gasteiger partial charge in [-0.2, -0.15) is 0 Å². The molecule has 0 unspecified atom stereocenters. The zero-order chi connectivity index (χ0) is 24.4. The molecule has 1 fully saturated rings. The van der Waals surface area contributed by atoms with Crippen LogP contribution in [-0.2, 0) is 16.1 Å². The Hall–Kier alpha value is -3.51. The molecule has 34 heavy (non-hydrogen) atoms. The molecule has 3 aromatic rings. The molecule has 6 nitrogen and oxygen atoms in total. The molecule has 1 aromatic heterocycles. The maximum Gasteiger partial charge on any atom is 0.296 e. The van der Waals surface area contributed by atoms with Crippen molar-refractivity contribution < 1.29 is 23.8 Å². The van der Waals surface area contributed by atoms with Gasteiger partial charge >= 0.3 is 0 Å². The van der Waals surface area contributed by atoms with Gasteiger partial charge in [-0.3, -0.25) is 9.59 Å². The fourth-order valence-electron chi connectivity index (χ4n) is 4.10. The van der Waals surface area contributed by atoms with E-state index in [4.69, 9.17) is 20.8 Å². The van der Waals surface area contributed by atoms with E-state index in [9.17, 15) is 14.7 Å². The number of halogens is 1. The number of likely N-dealkylation sites (tertiary alicyclic amines) is 1. The van der Waals surface area contributed by atoms with Crippen molar-refractivity contribution in [1.29, 1.82) is 0 Å². The van der Waals surface area contributed by atoms with Crippen molar-refractivity contribution >= 4 is 29.1 Å². The quantitative estimate of drug-likeness (QED) is 0.252. The zero-order valence-electron chi connectivity index (χ0n) is 19.2. The van der Waals surface area contributed by atoms with Gasteiger partial charge in [-0.25, -0.2) is 0 Å². The molecule has 0 spiro atoms. The highest BCUT2D eigenvalue weighted by molar-refractivity contribution is 6.46. The van der Waals surface area contributed by atoms with E-state index in [-0.39, 0.29) is 17.9 Å². The molecule has 1 aliphatic rings. The van der Waals surface area contributed by atoms with Crippen LogP contribution in [0.3, 0.4) is 0 Å². The number of amides is 1. The van der Waals surface area contributed by atoms with Crippen molar-refractivity contribution in [2.45, 2.75) is 39.3 Å². The molecule has 0 bridgehead atoms. The van der Waals surface area contributed by atoms with Gasteiger partial charge in [0.15, 0.2) is 0 Å². The lowest BCUT2D eigenvalue weighted by molar-refractivity contribution is -0.140. The Morgan fingerprint density at radius 3 is 2.47 bits per heavy atom. The van der Waals surface area contributed by atoms with Gasteiger partial charge in [0.05, 0.1) is 36.1 Å². The number of rotatable bonds is 7. The number of aliphatic hydroxyl groups excluding tert-OH is 1. The van der Waals surface area contributed by atoms with Crippen LogP contribution in [0, 0.1) is 0 Å². The molecule has 7 heteroatoms. The first-order valence-electron chi connectivity index (χ1n) is 11.1. The van der Waals surface area contributed by atoms with Crippen LogP contribution in [0.1, 0.15) is 55.2 Å². The Labute approximate surface area is 203 Å². The number of hydrogen-bond donors (Lipinski definition) is 1. The lowest BCUT2D eigenvalue weighted by Gasteiger charge is -2.25. The lowest BCUT2D eigenvalue weighted by Crippen LogP contribution is -2.29. The van der Waals surface area contributed by atoms with E-state index in [1.54, 1.807) is 24.3 Å². The molecule has 176 valence electrons. The summed E-state index contributed by atoms with van der Waals surface area (Å²) in [6, 6.07) is 15.2. The molecule has 1 atom stereocenters. The van der Waals surface area contributed by atoms with Crippen molar-refractivity contribution in [2.24, 2.45) is 0 Å². The van der Waals surface area contributed by atoms with Crippen molar-refractivity contribution in [1.82, 2.24) is 4.90 Å². The number of ether oxygens (including phenoxy) is 1. The van der Waals surface area contributed by atoms with Crippen molar-refractivity contribution in [2.75, 3.05) is 6.61 Å². The lowest BCUT2D eigenvalue weighted by atomic mass is 9.93. The van der Waals surface area contributed by atoms with Crippen LogP contribution in [0.15, 0.2) is 70.9 Å². The van der Waals surface area contributed by atoms with E-state index < -0.39 is 17.7 Å². The number of hydrogen-bond acceptors (Lipinski definition) is 5. The second-order valence-corrected chi connectivity index (χ2v) is 8.81. The average Bonchev–Trinajstić information content (AvgIpc) is 3.42. The van der Waals surface area contributed by atoms with Crippen LogP contribution in [0.2, 0.25) is 5.02 Å². The van der Waals surface area contributed by atoms with Crippen molar-refractivity contribution in [3.8, 4) is 5.75 Å². The number of aliphatic hydroxyl groups is 1. The second kappa shape index (κ2) is 9.77. The number of furan rings is 1. The highest BCUT2D eigenvalue weighted by Crippen LogP contribution is 2.41. The molecule has 1 aliphatic heterocycles. The first-order chi connectivity index (χ1) is 16.3. The van der Waals surface area contributed by atoms with E-state index in [1.807, 2.05) is 31.2 Å². The molecule has 0 saturated carbocycles. The van der Waals surface area contributed by atoms with E-state index in [2.05, 4.69) is 13.8 Å². The van der Waals surface area contributed by atoms with Crippen molar-refractivity contribution in [3.63, 3.8) is 0 Å². The standard InChI is InChI=1S/C27H26ClNO5/c1-4-33-22-12-11-19(14-21(22)28)25(30)23-24(18-9-7-17(8-10-18)16(2)3)29(27(32)26(23)31)15-20-6-5-13-34-20/h5-14,16,24,30H,4,15H2,1-3H3/t24-/m1/s1. The summed E-state index contributed by atoms with van der Waals surface area (Å²) < 4.78 is 10.9. The number of carbonyl (C=O) groups excluding carboxylic acids is 2. The molecule has 2 aromatic carbocycles. The van der Waals surface area contributed by atoms with Crippen LogP contribution >= 0.6 is 11.6 Å². The van der Waals surface area contributed by atoms with Gasteiger partial charge < -0.3 is 19.2 Å². The van der Waals surface area contributed by atoms with Crippen molar-refractivity contribution in [3.05, 3.63) is 93.9 Å². The first kappa shape index (κ1) is 23.6. The summed E-state index contributed by atoms with van der Waals surface area (Å²) in [5, 5.41) is 11.5. The van der Waals surface area contributed by atoms with E-state index in [0.29, 0.717) is 40.2 Å². The van der Waals surface area contributed by atoms with E-state index in [1.165, 1.54) is 17.2 Å². The maximum absolute atomic E-state index is 13.2. The Morgan fingerprint density at radius 2 is 1.88 bits per heavy atom. The van der Waals surface area contributed by atoms with Crippen LogP contribution in [-0.4, -0.2) is 28.3 Å². The number of Topliss-reactive ketones (excluding diaryl/α,β-unsaturated/α-hetero) is 1. The Kier molecular flexibility index (Phi) is 6.80. The predicted octanol–water partition coefficient (Wildman–Crippen LogP) is 6.08. The van der Waals surface area contributed by atoms with Gasteiger partial charge in [0, 0.05) is 5.56 Å². The van der Waals surface area contributed by atoms with Gasteiger partial charge in [-0.1, -0.05) is 49.7 Å². The first-order valence-corrected chi connectivity index (χ1v) is 11.5. The highest BCUT2D eigenvalue weighted by Gasteiger charge is 2.46. The van der Waals surface area contributed by atoms with Gasteiger partial charge in [-0.05, 0) is 54.3 Å². The fourth-order valence-corrected chi connectivity index (χ4v) is 4.33. The molecular formula is C27H26ClNO5. The summed E-state index contributed by atoms with van der Waals surface area (Å²) in [6.45, 7) is 6.56.